The average Bonchev–Trinajstić information content (AvgIpc) is 2.81. The zero-order valence-electron chi connectivity index (χ0n) is 10.0. The molecule has 2 N–H and O–H groups in total. The van der Waals surface area contributed by atoms with Gasteiger partial charge in [0.15, 0.2) is 11.6 Å². The molecule has 0 bridgehead atoms. The van der Waals surface area contributed by atoms with Crippen LogP contribution in [0.15, 0.2) is 27.2 Å². The minimum absolute atomic E-state index is 0.267. The number of nitrogens with zero attached hydrogens (tertiary/aromatic N) is 1. The van der Waals surface area contributed by atoms with E-state index in [2.05, 4.69) is 46.2 Å². The van der Waals surface area contributed by atoms with Crippen LogP contribution in [0.3, 0.4) is 0 Å². The highest BCUT2D eigenvalue weighted by Crippen LogP contribution is 2.61. The molecule has 2 aromatic rings. The summed E-state index contributed by atoms with van der Waals surface area (Å²) in [6, 6.07) is 6.44. The monoisotopic (exact) mass is 304 g/mol. The molecule has 3 nitrogen and oxygen atoms in total. The van der Waals surface area contributed by atoms with Crippen LogP contribution in [0.5, 0.6) is 0 Å². The van der Waals surface area contributed by atoms with E-state index in [9.17, 15) is 0 Å². The molecule has 0 aliphatic heterocycles. The first-order chi connectivity index (χ1) is 8.62. The van der Waals surface area contributed by atoms with Crippen LogP contribution < -0.4 is 5.73 Å². The van der Waals surface area contributed by atoms with E-state index in [0.29, 0.717) is 11.7 Å². The summed E-state index contributed by atoms with van der Waals surface area (Å²) in [4.78, 5) is 0. The lowest BCUT2D eigenvalue weighted by Gasteiger charge is -2.25. The standard InChI is InChI=1S/C14H13BrN2O/c1-7-5-14(7)6-10-12(18-17-13(10)16)9-4-8(15)2-3-11(9)14/h2-4,7H,5-6H2,1H3,(H2,16,17)/t7-,14+/m1/s1. The fourth-order valence-corrected chi connectivity index (χ4v) is 3.72. The number of nitrogen functional groups attached to an aromatic ring is 1. The number of halogens is 1. The summed E-state index contributed by atoms with van der Waals surface area (Å²) in [6.45, 7) is 2.31. The summed E-state index contributed by atoms with van der Waals surface area (Å²) >= 11 is 3.53. The Kier molecular flexibility index (Phi) is 1.87. The van der Waals surface area contributed by atoms with E-state index in [1.54, 1.807) is 0 Å². The SMILES string of the molecule is C[C@@H]1C[C@]12Cc1c(N)noc1-c1cc(Br)ccc12. The van der Waals surface area contributed by atoms with E-state index in [1.807, 2.05) is 0 Å². The third-order valence-electron chi connectivity index (χ3n) is 4.53. The Bertz CT molecular complexity index is 664. The second kappa shape index (κ2) is 3.18. The van der Waals surface area contributed by atoms with Crippen LogP contribution in [0.25, 0.3) is 11.3 Å². The Labute approximate surface area is 113 Å². The predicted molar refractivity (Wildman–Crippen MR) is 73.2 cm³/mol. The van der Waals surface area contributed by atoms with Crippen molar-refractivity contribution in [2.45, 2.75) is 25.2 Å². The number of fused-ring (bicyclic) bond motifs is 4. The Balaban J connectivity index is 2.04. The van der Waals surface area contributed by atoms with E-state index in [-0.39, 0.29) is 5.41 Å². The quantitative estimate of drug-likeness (QED) is 0.810. The zero-order valence-corrected chi connectivity index (χ0v) is 11.6. The first-order valence-corrected chi connectivity index (χ1v) is 6.95. The summed E-state index contributed by atoms with van der Waals surface area (Å²) in [5, 5.41) is 3.93. The zero-order chi connectivity index (χ0) is 12.5. The summed E-state index contributed by atoms with van der Waals surface area (Å²) in [5.41, 5.74) is 9.83. The summed E-state index contributed by atoms with van der Waals surface area (Å²) < 4.78 is 6.49. The molecule has 1 aromatic heterocycles. The van der Waals surface area contributed by atoms with E-state index >= 15 is 0 Å². The van der Waals surface area contributed by atoms with Crippen molar-refractivity contribution >= 4 is 21.7 Å². The first kappa shape index (κ1) is 10.6. The van der Waals surface area contributed by atoms with Crippen molar-refractivity contribution in [2.24, 2.45) is 5.92 Å². The average molecular weight is 305 g/mol. The molecule has 1 fully saturated rings. The molecule has 0 saturated heterocycles. The molecule has 1 spiro atoms. The molecule has 1 aromatic carbocycles. The Morgan fingerprint density at radius 1 is 1.50 bits per heavy atom. The summed E-state index contributed by atoms with van der Waals surface area (Å²) in [5.74, 6) is 2.11. The van der Waals surface area contributed by atoms with Crippen molar-refractivity contribution < 1.29 is 4.52 Å². The molecule has 1 heterocycles. The van der Waals surface area contributed by atoms with Crippen molar-refractivity contribution in [3.63, 3.8) is 0 Å². The molecule has 0 amide bonds. The summed E-state index contributed by atoms with van der Waals surface area (Å²) in [6.07, 6.45) is 2.19. The highest BCUT2D eigenvalue weighted by Gasteiger charge is 2.56. The normalized spacial score (nSPS) is 28.0. The highest BCUT2D eigenvalue weighted by molar-refractivity contribution is 9.10. The minimum atomic E-state index is 0.267. The van der Waals surface area contributed by atoms with Gasteiger partial charge < -0.3 is 10.3 Å². The van der Waals surface area contributed by atoms with Crippen molar-refractivity contribution in [3.8, 4) is 11.3 Å². The number of anilines is 1. The van der Waals surface area contributed by atoms with Gasteiger partial charge in [-0.05, 0) is 36.5 Å². The molecule has 0 unspecified atom stereocenters. The molecule has 18 heavy (non-hydrogen) atoms. The predicted octanol–water partition coefficient (Wildman–Crippen LogP) is 3.52. The maximum absolute atomic E-state index is 5.93. The lowest BCUT2D eigenvalue weighted by Crippen LogP contribution is -2.19. The third kappa shape index (κ3) is 1.17. The van der Waals surface area contributed by atoms with Crippen LogP contribution in [0.1, 0.15) is 24.5 Å². The van der Waals surface area contributed by atoms with Crippen LogP contribution in [-0.2, 0) is 11.8 Å². The lowest BCUT2D eigenvalue weighted by molar-refractivity contribution is 0.431. The molecule has 0 radical (unpaired) electrons. The molecular formula is C14H13BrN2O. The van der Waals surface area contributed by atoms with Gasteiger partial charge in [-0.2, -0.15) is 0 Å². The van der Waals surface area contributed by atoms with E-state index in [0.717, 1.165) is 27.8 Å². The number of rotatable bonds is 0. The van der Waals surface area contributed by atoms with Crippen molar-refractivity contribution in [3.05, 3.63) is 33.8 Å². The van der Waals surface area contributed by atoms with Crippen LogP contribution in [0.2, 0.25) is 0 Å². The number of aromatic nitrogens is 1. The maximum Gasteiger partial charge on any atom is 0.172 e. The van der Waals surface area contributed by atoms with Gasteiger partial charge in [-0.25, -0.2) is 0 Å². The number of nitrogens with two attached hydrogens (primary N) is 1. The molecule has 2 aliphatic carbocycles. The Morgan fingerprint density at radius 2 is 2.28 bits per heavy atom. The van der Waals surface area contributed by atoms with Crippen LogP contribution in [0, 0.1) is 5.92 Å². The van der Waals surface area contributed by atoms with Crippen molar-refractivity contribution in [2.75, 3.05) is 5.73 Å². The largest absolute Gasteiger partial charge is 0.381 e. The van der Waals surface area contributed by atoms with Gasteiger partial charge in [0.2, 0.25) is 0 Å². The number of benzene rings is 1. The van der Waals surface area contributed by atoms with Gasteiger partial charge in [-0.15, -0.1) is 0 Å². The van der Waals surface area contributed by atoms with Gasteiger partial charge in [-0.3, -0.25) is 0 Å². The van der Waals surface area contributed by atoms with Gasteiger partial charge in [0, 0.05) is 21.0 Å². The number of hydrogen-bond donors (Lipinski definition) is 1. The Hall–Kier alpha value is -1.29. The lowest BCUT2D eigenvalue weighted by atomic mass is 9.78. The number of hydrogen-bond acceptors (Lipinski definition) is 3. The molecule has 4 heteroatoms. The van der Waals surface area contributed by atoms with E-state index in [4.69, 9.17) is 10.3 Å². The fourth-order valence-electron chi connectivity index (χ4n) is 3.36. The second-order valence-electron chi connectivity index (χ2n) is 5.50. The van der Waals surface area contributed by atoms with Crippen LogP contribution >= 0.6 is 15.9 Å². The highest BCUT2D eigenvalue weighted by atomic mass is 79.9. The topological polar surface area (TPSA) is 52.0 Å². The van der Waals surface area contributed by atoms with Crippen molar-refractivity contribution in [1.29, 1.82) is 0 Å². The summed E-state index contributed by atoms with van der Waals surface area (Å²) in [7, 11) is 0. The van der Waals surface area contributed by atoms with Gasteiger partial charge in [-0.1, -0.05) is 34.1 Å². The first-order valence-electron chi connectivity index (χ1n) is 6.16. The smallest absolute Gasteiger partial charge is 0.172 e. The molecule has 92 valence electrons. The molecule has 2 atom stereocenters. The van der Waals surface area contributed by atoms with E-state index < -0.39 is 0 Å². The van der Waals surface area contributed by atoms with Crippen LogP contribution in [-0.4, -0.2) is 5.16 Å². The van der Waals surface area contributed by atoms with Gasteiger partial charge >= 0.3 is 0 Å². The molecular weight excluding hydrogens is 292 g/mol. The molecule has 2 aliphatic rings. The maximum atomic E-state index is 5.93. The van der Waals surface area contributed by atoms with Gasteiger partial charge in [0.1, 0.15) is 0 Å². The molecule has 4 rings (SSSR count). The van der Waals surface area contributed by atoms with Gasteiger partial charge in [0.05, 0.1) is 0 Å². The van der Waals surface area contributed by atoms with E-state index in [1.165, 1.54) is 12.0 Å². The fraction of sp³-hybridized carbons (Fsp3) is 0.357. The molecule has 1 saturated carbocycles. The van der Waals surface area contributed by atoms with Gasteiger partial charge in [0.25, 0.3) is 0 Å². The van der Waals surface area contributed by atoms with Crippen LogP contribution in [0.4, 0.5) is 5.82 Å². The minimum Gasteiger partial charge on any atom is -0.381 e. The van der Waals surface area contributed by atoms with Crippen molar-refractivity contribution in [1.82, 2.24) is 5.16 Å². The second-order valence-corrected chi connectivity index (χ2v) is 6.42. The Morgan fingerprint density at radius 3 is 3.00 bits per heavy atom. The third-order valence-corrected chi connectivity index (χ3v) is 5.02.